The molecule has 7 nitrogen and oxygen atoms in total. The third kappa shape index (κ3) is 5.43. The van der Waals surface area contributed by atoms with E-state index in [9.17, 15) is 39.6 Å². The summed E-state index contributed by atoms with van der Waals surface area (Å²) >= 11 is 0. The lowest BCUT2D eigenvalue weighted by Crippen LogP contribution is -2.33. The largest absolute Gasteiger partial charge is 0.480 e. The summed E-state index contributed by atoms with van der Waals surface area (Å²) in [5, 5.41) is 4.26. The van der Waals surface area contributed by atoms with Crippen molar-refractivity contribution in [2.24, 2.45) is 0 Å². The van der Waals surface area contributed by atoms with Crippen LogP contribution in [0.2, 0.25) is 0 Å². The second kappa shape index (κ2) is 9.39. The Hall–Kier alpha value is -3.55. The summed E-state index contributed by atoms with van der Waals surface area (Å²) in [6.45, 7) is 0.609. The van der Waals surface area contributed by atoms with Crippen LogP contribution in [0.4, 0.5) is 26.3 Å². The Morgan fingerprint density at radius 2 is 1.81 bits per heavy atom. The van der Waals surface area contributed by atoms with Gasteiger partial charge in [0.15, 0.2) is 15.9 Å². The smallest absolute Gasteiger partial charge is 0.425 e. The highest BCUT2D eigenvalue weighted by Crippen LogP contribution is 2.32. The van der Waals surface area contributed by atoms with Crippen LogP contribution in [0.15, 0.2) is 47.5 Å². The van der Waals surface area contributed by atoms with Crippen molar-refractivity contribution in [1.82, 2.24) is 14.7 Å². The molecule has 0 bridgehead atoms. The minimum absolute atomic E-state index is 0.0472. The topological polar surface area (TPSA) is 81.5 Å². The summed E-state index contributed by atoms with van der Waals surface area (Å²) in [6.07, 6.45) is -7.68. The molecule has 3 aromatic rings. The van der Waals surface area contributed by atoms with Gasteiger partial charge < -0.3 is 9.64 Å². The molecule has 1 aliphatic rings. The van der Waals surface area contributed by atoms with Gasteiger partial charge in [0.25, 0.3) is 12.3 Å². The van der Waals surface area contributed by atoms with Crippen LogP contribution in [-0.4, -0.2) is 47.5 Å². The lowest BCUT2D eigenvalue weighted by atomic mass is 10.1. The van der Waals surface area contributed by atoms with Crippen LogP contribution < -0.4 is 4.74 Å². The zero-order chi connectivity index (χ0) is 27.3. The quantitative estimate of drug-likeness (QED) is 0.413. The Morgan fingerprint density at radius 3 is 2.41 bits per heavy atom. The van der Waals surface area contributed by atoms with Gasteiger partial charge in [0.05, 0.1) is 33.9 Å². The van der Waals surface area contributed by atoms with Gasteiger partial charge in [-0.25, -0.2) is 26.3 Å². The summed E-state index contributed by atoms with van der Waals surface area (Å²) in [4.78, 5) is 14.2. The third-order valence-electron chi connectivity index (χ3n) is 5.72. The van der Waals surface area contributed by atoms with E-state index >= 15 is 0 Å². The van der Waals surface area contributed by atoms with Crippen molar-refractivity contribution in [2.45, 2.75) is 43.6 Å². The van der Waals surface area contributed by atoms with Crippen molar-refractivity contribution < 1.29 is 44.3 Å². The molecular weight excluding hydrogens is 528 g/mol. The van der Waals surface area contributed by atoms with Crippen molar-refractivity contribution in [3.05, 3.63) is 70.8 Å². The van der Waals surface area contributed by atoms with Gasteiger partial charge in [-0.05, 0) is 43.3 Å². The highest BCUT2D eigenvalue weighted by molar-refractivity contribution is 7.90. The molecule has 0 radical (unpaired) electrons. The van der Waals surface area contributed by atoms with Gasteiger partial charge in [-0.3, -0.25) is 4.79 Å². The van der Waals surface area contributed by atoms with E-state index in [-0.39, 0.29) is 29.2 Å². The van der Waals surface area contributed by atoms with Gasteiger partial charge in [0.1, 0.15) is 11.6 Å². The van der Waals surface area contributed by atoms with Crippen molar-refractivity contribution in [2.75, 3.05) is 6.26 Å². The molecule has 2 heterocycles. The van der Waals surface area contributed by atoms with Crippen LogP contribution in [0.5, 0.6) is 5.75 Å². The normalized spacial score (nSPS) is 14.7. The van der Waals surface area contributed by atoms with E-state index < -0.39 is 51.6 Å². The highest BCUT2D eigenvalue weighted by atomic mass is 32.2. The van der Waals surface area contributed by atoms with E-state index in [0.717, 1.165) is 43.5 Å². The van der Waals surface area contributed by atoms with Gasteiger partial charge in [-0.2, -0.15) is 18.3 Å². The van der Waals surface area contributed by atoms with E-state index in [4.69, 9.17) is 4.74 Å². The molecular formula is C23H19F6N3O4S. The van der Waals surface area contributed by atoms with Gasteiger partial charge in [0.2, 0.25) is 0 Å². The molecule has 4 rings (SSSR count). The first-order chi connectivity index (χ1) is 17.1. The summed E-state index contributed by atoms with van der Waals surface area (Å²) < 4.78 is 109. The Morgan fingerprint density at radius 1 is 1.11 bits per heavy atom. The molecule has 1 amide bonds. The number of benzene rings is 2. The Labute approximate surface area is 207 Å². The number of rotatable bonds is 6. The fourth-order valence-electron chi connectivity index (χ4n) is 3.71. The lowest BCUT2D eigenvalue weighted by Gasteiger charge is -2.22. The Kier molecular flexibility index (Phi) is 6.73. The number of amides is 1. The van der Waals surface area contributed by atoms with Crippen LogP contribution >= 0.6 is 0 Å². The molecule has 0 spiro atoms. The van der Waals surface area contributed by atoms with Crippen molar-refractivity contribution in [1.29, 1.82) is 0 Å². The van der Waals surface area contributed by atoms with Crippen LogP contribution in [0.1, 0.15) is 40.5 Å². The number of nitrogens with zero attached hydrogens (tertiary/aromatic N) is 3. The number of carbonyl (C=O) groups is 1. The second-order valence-corrected chi connectivity index (χ2v) is 10.5. The van der Waals surface area contributed by atoms with Crippen molar-refractivity contribution in [3.8, 4) is 11.4 Å². The Bertz CT molecular complexity index is 1450. The molecule has 37 heavy (non-hydrogen) atoms. The Balaban J connectivity index is 1.62. The van der Waals surface area contributed by atoms with Gasteiger partial charge in [0, 0.05) is 24.6 Å². The summed E-state index contributed by atoms with van der Waals surface area (Å²) in [5.41, 5.74) is -0.113. The summed E-state index contributed by atoms with van der Waals surface area (Å²) in [6, 6.07) is 6.09. The van der Waals surface area contributed by atoms with Gasteiger partial charge in [-0.15, -0.1) is 0 Å². The predicted molar refractivity (Wildman–Crippen MR) is 118 cm³/mol. The minimum Gasteiger partial charge on any atom is -0.480 e. The number of halogens is 6. The molecule has 0 saturated heterocycles. The van der Waals surface area contributed by atoms with Crippen molar-refractivity contribution in [3.63, 3.8) is 0 Å². The van der Waals surface area contributed by atoms with E-state index in [0.29, 0.717) is 11.3 Å². The number of hydrogen-bond acceptors (Lipinski definition) is 5. The number of hydrogen-bond donors (Lipinski definition) is 0. The lowest BCUT2D eigenvalue weighted by molar-refractivity contribution is -0.189. The van der Waals surface area contributed by atoms with Gasteiger partial charge in [-0.1, -0.05) is 0 Å². The number of aromatic nitrogens is 2. The monoisotopic (exact) mass is 547 g/mol. The predicted octanol–water partition coefficient (Wildman–Crippen LogP) is 4.84. The molecule has 198 valence electrons. The van der Waals surface area contributed by atoms with E-state index in [1.54, 1.807) is 0 Å². The number of sulfone groups is 1. The van der Waals surface area contributed by atoms with E-state index in [1.165, 1.54) is 21.8 Å². The third-order valence-corrected chi connectivity index (χ3v) is 6.83. The summed E-state index contributed by atoms with van der Waals surface area (Å²) in [7, 11) is -3.79. The zero-order valence-corrected chi connectivity index (χ0v) is 20.1. The maximum absolute atomic E-state index is 13.6. The highest BCUT2D eigenvalue weighted by Gasteiger charge is 2.39. The number of alkyl halides is 5. The fraction of sp³-hybridized carbons (Fsp3) is 0.304. The molecule has 1 unspecified atom stereocenters. The minimum atomic E-state index is -4.73. The molecule has 2 aromatic carbocycles. The average Bonchev–Trinajstić information content (AvgIpc) is 3.37. The molecule has 1 aliphatic heterocycles. The molecule has 1 atom stereocenters. The fourth-order valence-corrected chi connectivity index (χ4v) is 4.35. The number of fused-ring (bicyclic) bond motifs is 1. The van der Waals surface area contributed by atoms with Crippen molar-refractivity contribution >= 4 is 15.7 Å². The molecule has 0 N–H and O–H groups in total. The first-order valence-electron chi connectivity index (χ1n) is 10.7. The van der Waals surface area contributed by atoms with Crippen LogP contribution in [0, 0.1) is 5.82 Å². The van der Waals surface area contributed by atoms with Crippen LogP contribution in [-0.2, 0) is 22.9 Å². The van der Waals surface area contributed by atoms with Crippen LogP contribution in [0.3, 0.4) is 0 Å². The maximum atomic E-state index is 13.6. The SMILES string of the molecule is CC(Oc1ccc(S(C)(=O)=O)cc1C(=O)N1Cc2cn(-c3ccc(F)c(C(F)F)c3)nc2C1)C(F)(F)F. The number of ether oxygens (including phenoxy) is 1. The van der Waals surface area contributed by atoms with Crippen LogP contribution in [0.25, 0.3) is 5.69 Å². The summed E-state index contributed by atoms with van der Waals surface area (Å²) in [5.74, 6) is -2.30. The number of carbonyl (C=O) groups excluding carboxylic acids is 1. The van der Waals surface area contributed by atoms with E-state index in [1.807, 2.05) is 0 Å². The average molecular weight is 547 g/mol. The molecule has 0 fully saturated rings. The molecule has 0 saturated carbocycles. The zero-order valence-electron chi connectivity index (χ0n) is 19.3. The first-order valence-corrected chi connectivity index (χ1v) is 12.6. The molecule has 14 heteroatoms. The van der Waals surface area contributed by atoms with E-state index in [2.05, 4.69) is 5.10 Å². The second-order valence-electron chi connectivity index (χ2n) is 8.45. The first kappa shape index (κ1) is 26.5. The van der Waals surface area contributed by atoms with Gasteiger partial charge >= 0.3 is 6.18 Å². The maximum Gasteiger partial charge on any atom is 0.425 e. The molecule has 0 aliphatic carbocycles. The molecule has 1 aromatic heterocycles. The standard InChI is InChI=1S/C23H19F6N3O4S/c1-12(23(27,28)29)36-20-6-4-15(37(2,34)35)8-17(20)22(33)31-9-13-10-32(30-19(13)11-31)14-3-5-18(24)16(7-14)21(25)26/h3-8,10,12,21H,9,11H2,1-2H3.